The van der Waals surface area contributed by atoms with Crippen LogP contribution in [0, 0.1) is 11.8 Å². The highest BCUT2D eigenvalue weighted by molar-refractivity contribution is 5.82. The zero-order valence-electron chi connectivity index (χ0n) is 18.8. The van der Waals surface area contributed by atoms with E-state index < -0.39 is 0 Å². The molecule has 3 saturated heterocycles. The maximum absolute atomic E-state index is 6.62. The minimum atomic E-state index is 0.0122. The van der Waals surface area contributed by atoms with E-state index in [4.69, 9.17) is 4.74 Å². The third-order valence-electron chi connectivity index (χ3n) is 7.75. The Kier molecular flexibility index (Phi) is 5.95. The fraction of sp³-hybridized carbons (Fsp3) is 0.345. The Labute approximate surface area is 191 Å². The molecule has 32 heavy (non-hydrogen) atoms. The summed E-state index contributed by atoms with van der Waals surface area (Å²) in [5.74, 6) is 1.27. The molecule has 0 N–H and O–H groups in total. The van der Waals surface area contributed by atoms with Crippen LogP contribution in [0.25, 0.3) is 10.9 Å². The number of benzene rings is 2. The van der Waals surface area contributed by atoms with Crippen LogP contribution in [0.5, 0.6) is 0 Å². The molecule has 0 spiro atoms. The highest BCUT2D eigenvalue weighted by Crippen LogP contribution is 2.49. The minimum Gasteiger partial charge on any atom is -0.363 e. The molecule has 0 saturated carbocycles. The van der Waals surface area contributed by atoms with Crippen molar-refractivity contribution >= 4 is 10.9 Å². The Balaban J connectivity index is 1.60. The standard InChI is InChI=1S/C29H33N2O/c1-3-18-32-29(26-14-16-30-27-13-9-8-12-25(26)27)28-19-24-15-17-31(28,21-23(24)4-2)20-22-10-6-5-7-11-22/h3-14,16,23-24,28-29H,1-2,15,17-21H2/q+1/t23-,24-,28+,29-,31+/m0/s1. The number of nitrogens with zero attached hydrogens (tertiary/aromatic N) is 2. The van der Waals surface area contributed by atoms with Gasteiger partial charge < -0.3 is 9.22 Å². The van der Waals surface area contributed by atoms with Crippen LogP contribution in [0.15, 0.2) is 92.2 Å². The van der Waals surface area contributed by atoms with Crippen LogP contribution in [0.4, 0.5) is 0 Å². The number of piperidine rings is 3. The van der Waals surface area contributed by atoms with Crippen LogP contribution in [0.3, 0.4) is 0 Å². The van der Waals surface area contributed by atoms with Crippen molar-refractivity contribution in [2.75, 3.05) is 19.7 Å². The van der Waals surface area contributed by atoms with Crippen LogP contribution in [-0.2, 0) is 11.3 Å². The van der Waals surface area contributed by atoms with E-state index in [1.54, 1.807) is 0 Å². The summed E-state index contributed by atoms with van der Waals surface area (Å²) in [6, 6.07) is 22.0. The van der Waals surface area contributed by atoms with Gasteiger partial charge >= 0.3 is 0 Å². The lowest BCUT2D eigenvalue weighted by molar-refractivity contribution is -0.985. The highest BCUT2D eigenvalue weighted by Gasteiger charge is 2.54. The van der Waals surface area contributed by atoms with Crippen LogP contribution in [0.1, 0.15) is 30.1 Å². The van der Waals surface area contributed by atoms with E-state index in [9.17, 15) is 0 Å². The summed E-state index contributed by atoms with van der Waals surface area (Å²) in [7, 11) is 0. The number of pyridine rings is 1. The number of para-hydroxylation sites is 1. The first kappa shape index (κ1) is 21.1. The summed E-state index contributed by atoms with van der Waals surface area (Å²) in [5.41, 5.74) is 3.70. The lowest BCUT2D eigenvalue weighted by Gasteiger charge is -2.58. The van der Waals surface area contributed by atoms with Crippen LogP contribution >= 0.6 is 0 Å². The lowest BCUT2D eigenvalue weighted by Crippen LogP contribution is -2.67. The van der Waals surface area contributed by atoms with Gasteiger partial charge in [-0.05, 0) is 23.6 Å². The van der Waals surface area contributed by atoms with E-state index in [1.807, 2.05) is 12.3 Å². The second-order valence-corrected chi connectivity index (χ2v) is 9.48. The Bertz CT molecular complexity index is 1090. The van der Waals surface area contributed by atoms with Gasteiger partial charge in [-0.25, -0.2) is 0 Å². The summed E-state index contributed by atoms with van der Waals surface area (Å²) >= 11 is 0. The SMILES string of the molecule is C=CCO[C@@H](c1ccnc2ccccc12)[C@H]1C[C@@H]2CC[N@@+]1(Cc1ccccc1)C[C@@H]2C=C. The van der Waals surface area contributed by atoms with Crippen LogP contribution < -0.4 is 0 Å². The third-order valence-corrected chi connectivity index (χ3v) is 7.75. The Morgan fingerprint density at radius 1 is 1.06 bits per heavy atom. The molecular weight excluding hydrogens is 392 g/mol. The summed E-state index contributed by atoms with van der Waals surface area (Å²) in [6.45, 7) is 12.1. The molecule has 1 aromatic heterocycles. The number of ether oxygens (including phenoxy) is 1. The van der Waals surface area contributed by atoms with Gasteiger partial charge in [0.05, 0.1) is 25.2 Å². The van der Waals surface area contributed by atoms with Crippen molar-refractivity contribution in [1.29, 1.82) is 0 Å². The lowest BCUT2D eigenvalue weighted by atomic mass is 9.71. The van der Waals surface area contributed by atoms with Gasteiger partial charge in [0.25, 0.3) is 0 Å². The molecule has 3 heteroatoms. The Morgan fingerprint density at radius 2 is 1.88 bits per heavy atom. The maximum atomic E-state index is 6.62. The molecule has 0 aliphatic carbocycles. The van der Waals surface area contributed by atoms with E-state index in [1.165, 1.54) is 35.9 Å². The first-order chi connectivity index (χ1) is 15.7. The predicted octanol–water partition coefficient (Wildman–Crippen LogP) is 6.09. The summed E-state index contributed by atoms with van der Waals surface area (Å²) in [6.07, 6.45) is 8.47. The van der Waals surface area contributed by atoms with Gasteiger partial charge in [-0.2, -0.15) is 0 Å². The van der Waals surface area contributed by atoms with Crippen molar-refractivity contribution in [2.45, 2.75) is 31.5 Å². The molecule has 3 aliphatic heterocycles. The quantitative estimate of drug-likeness (QED) is 0.322. The van der Waals surface area contributed by atoms with Crippen molar-refractivity contribution in [3.05, 3.63) is 103 Å². The zero-order valence-corrected chi connectivity index (χ0v) is 18.8. The second kappa shape index (κ2) is 9.01. The number of quaternary nitrogens is 1. The number of hydrogen-bond donors (Lipinski definition) is 0. The number of aromatic nitrogens is 1. The molecule has 3 fully saturated rings. The minimum absolute atomic E-state index is 0.0122. The normalized spacial score (nSPS) is 27.8. The van der Waals surface area contributed by atoms with Crippen LogP contribution in [-0.4, -0.2) is 35.2 Å². The van der Waals surface area contributed by atoms with Crippen LogP contribution in [0.2, 0.25) is 0 Å². The molecule has 0 amide bonds. The molecule has 164 valence electrons. The average molecular weight is 426 g/mol. The topological polar surface area (TPSA) is 22.1 Å². The molecule has 0 radical (unpaired) electrons. The van der Waals surface area contributed by atoms with E-state index in [-0.39, 0.29) is 6.10 Å². The molecule has 3 aromatic rings. The molecule has 0 unspecified atom stereocenters. The predicted molar refractivity (Wildman–Crippen MR) is 131 cm³/mol. The van der Waals surface area contributed by atoms with Gasteiger partial charge in [0.1, 0.15) is 18.7 Å². The largest absolute Gasteiger partial charge is 0.363 e. The summed E-state index contributed by atoms with van der Waals surface area (Å²) in [4.78, 5) is 4.61. The average Bonchev–Trinajstić information content (AvgIpc) is 2.85. The highest BCUT2D eigenvalue weighted by atomic mass is 16.5. The first-order valence-electron chi connectivity index (χ1n) is 11.8. The molecule has 5 atom stereocenters. The fourth-order valence-electron chi connectivity index (χ4n) is 6.26. The van der Waals surface area contributed by atoms with Crippen molar-refractivity contribution in [1.82, 2.24) is 4.98 Å². The molecule has 6 rings (SSSR count). The summed E-state index contributed by atoms with van der Waals surface area (Å²) < 4.78 is 7.69. The van der Waals surface area contributed by atoms with Gasteiger partial charge in [-0.1, -0.05) is 60.7 Å². The Morgan fingerprint density at radius 3 is 2.69 bits per heavy atom. The zero-order chi connectivity index (χ0) is 22.0. The second-order valence-electron chi connectivity index (χ2n) is 9.48. The molecule has 3 aliphatic rings. The summed E-state index contributed by atoms with van der Waals surface area (Å²) in [5, 5.41) is 1.20. The molecule has 4 heterocycles. The van der Waals surface area contributed by atoms with Crippen molar-refractivity contribution in [3.63, 3.8) is 0 Å². The van der Waals surface area contributed by atoms with Crippen molar-refractivity contribution < 1.29 is 9.22 Å². The van der Waals surface area contributed by atoms with E-state index >= 15 is 0 Å². The molecule has 2 aromatic carbocycles. The maximum Gasteiger partial charge on any atom is 0.135 e. The van der Waals surface area contributed by atoms with Gasteiger partial charge in [-0.3, -0.25) is 4.98 Å². The van der Waals surface area contributed by atoms with Crippen molar-refractivity contribution in [3.8, 4) is 0 Å². The smallest absolute Gasteiger partial charge is 0.135 e. The number of rotatable bonds is 8. The van der Waals surface area contributed by atoms with Gasteiger partial charge in [0.15, 0.2) is 0 Å². The monoisotopic (exact) mass is 425 g/mol. The van der Waals surface area contributed by atoms with Gasteiger partial charge in [-0.15, -0.1) is 13.2 Å². The van der Waals surface area contributed by atoms with Gasteiger partial charge in [0, 0.05) is 35.9 Å². The number of hydrogen-bond acceptors (Lipinski definition) is 2. The third kappa shape index (κ3) is 3.80. The van der Waals surface area contributed by atoms with E-state index in [0.717, 1.165) is 23.1 Å². The molecule has 2 bridgehead atoms. The Hall–Kier alpha value is -2.75. The van der Waals surface area contributed by atoms with Gasteiger partial charge in [0.2, 0.25) is 0 Å². The number of fused-ring (bicyclic) bond motifs is 4. The van der Waals surface area contributed by atoms with E-state index in [2.05, 4.69) is 84.9 Å². The van der Waals surface area contributed by atoms with E-state index in [0.29, 0.717) is 24.5 Å². The first-order valence-corrected chi connectivity index (χ1v) is 11.8. The van der Waals surface area contributed by atoms with Crippen molar-refractivity contribution in [2.24, 2.45) is 11.8 Å². The fourth-order valence-corrected chi connectivity index (χ4v) is 6.26. The molecule has 3 nitrogen and oxygen atoms in total. The molecular formula is C29H33N2O+.